The third-order valence-corrected chi connectivity index (χ3v) is 10.2. The molecule has 0 saturated carbocycles. The minimum atomic E-state index is -3.34. The second kappa shape index (κ2) is 10.4. The minimum absolute atomic E-state index is 0.0696. The van der Waals surface area contributed by atoms with E-state index in [4.69, 9.17) is 4.74 Å². The predicted octanol–water partition coefficient (Wildman–Crippen LogP) is 6.65. The molecule has 3 aromatic carbocycles. The monoisotopic (exact) mass is 519 g/mol. The molecular formula is C29H29NO4S2. The Balaban J connectivity index is 1.74. The number of carbonyl (C=O) groups is 1. The summed E-state index contributed by atoms with van der Waals surface area (Å²) in [5, 5.41) is 0.899. The smallest absolute Gasteiger partial charge is 0.338 e. The number of hydrogen-bond donors (Lipinski definition) is 0. The van der Waals surface area contributed by atoms with Crippen LogP contribution in [0.15, 0.2) is 83.9 Å². The van der Waals surface area contributed by atoms with Gasteiger partial charge in [0.05, 0.1) is 22.9 Å². The summed E-state index contributed by atoms with van der Waals surface area (Å²) in [5.41, 5.74) is 5.04. The number of nitrogens with zero attached hydrogens (tertiary/aromatic N) is 1. The molecule has 0 aliphatic rings. The van der Waals surface area contributed by atoms with Gasteiger partial charge >= 0.3 is 5.97 Å². The highest BCUT2D eigenvalue weighted by atomic mass is 32.2. The Bertz CT molecular complexity index is 1530. The summed E-state index contributed by atoms with van der Waals surface area (Å²) in [4.78, 5) is 17.6. The van der Waals surface area contributed by atoms with Crippen molar-refractivity contribution < 1.29 is 17.9 Å². The number of rotatable bonds is 8. The van der Waals surface area contributed by atoms with Gasteiger partial charge in [-0.25, -0.2) is 13.2 Å². The van der Waals surface area contributed by atoms with Gasteiger partial charge in [0.1, 0.15) is 0 Å². The standard InChI is InChI=1S/C29H29NO4S2/c1-5-36(32,33)29(2,3)23-17-22-12-9-15-30-27(22)25(18-23)21-11-8-10-20(16-21)19-35-26-14-7-6-13-24(26)28(31)34-4/h6-18H,5,19H2,1-4H3. The quantitative estimate of drug-likeness (QED) is 0.192. The molecule has 0 aliphatic heterocycles. The molecule has 186 valence electrons. The van der Waals surface area contributed by atoms with Crippen LogP contribution in [0.4, 0.5) is 0 Å². The highest BCUT2D eigenvalue weighted by Gasteiger charge is 2.35. The second-order valence-electron chi connectivity index (χ2n) is 8.99. The first-order chi connectivity index (χ1) is 17.2. The third kappa shape index (κ3) is 5.04. The molecular weight excluding hydrogens is 490 g/mol. The zero-order valence-electron chi connectivity index (χ0n) is 20.8. The van der Waals surface area contributed by atoms with Crippen molar-refractivity contribution in [1.29, 1.82) is 0 Å². The molecule has 0 N–H and O–H groups in total. The topological polar surface area (TPSA) is 73.3 Å². The number of hydrogen-bond acceptors (Lipinski definition) is 6. The van der Waals surface area contributed by atoms with E-state index in [0.29, 0.717) is 11.3 Å². The highest BCUT2D eigenvalue weighted by Crippen LogP contribution is 2.37. The Kier molecular flexibility index (Phi) is 7.52. The van der Waals surface area contributed by atoms with E-state index in [1.807, 2.05) is 60.7 Å². The van der Waals surface area contributed by atoms with Crippen LogP contribution in [0.25, 0.3) is 22.0 Å². The van der Waals surface area contributed by atoms with Gasteiger partial charge in [-0.2, -0.15) is 0 Å². The number of methoxy groups -OCH3 is 1. The maximum Gasteiger partial charge on any atom is 0.338 e. The SMILES string of the molecule is CCS(=O)(=O)C(C)(C)c1cc(-c2cccc(CSc3ccccc3C(=O)OC)c2)c2ncccc2c1. The number of benzene rings is 3. The van der Waals surface area contributed by atoms with Gasteiger partial charge in [0.2, 0.25) is 0 Å². The van der Waals surface area contributed by atoms with Crippen molar-refractivity contribution >= 4 is 38.5 Å². The molecule has 0 radical (unpaired) electrons. The summed E-state index contributed by atoms with van der Waals surface area (Å²) in [5.74, 6) is 0.369. The Hall–Kier alpha value is -3.16. The van der Waals surface area contributed by atoms with Gasteiger partial charge < -0.3 is 4.74 Å². The summed E-state index contributed by atoms with van der Waals surface area (Å²) in [6.07, 6.45) is 1.75. The number of aromatic nitrogens is 1. The molecule has 0 spiro atoms. The van der Waals surface area contributed by atoms with Crippen LogP contribution in [-0.2, 0) is 25.1 Å². The van der Waals surface area contributed by atoms with Gasteiger partial charge in [0, 0.05) is 33.5 Å². The van der Waals surface area contributed by atoms with Crippen molar-refractivity contribution in [3.8, 4) is 11.1 Å². The maximum absolute atomic E-state index is 12.9. The van der Waals surface area contributed by atoms with Crippen molar-refractivity contribution in [3.63, 3.8) is 0 Å². The molecule has 0 aliphatic carbocycles. The van der Waals surface area contributed by atoms with Crippen molar-refractivity contribution in [2.75, 3.05) is 12.9 Å². The molecule has 1 aromatic heterocycles. The first-order valence-electron chi connectivity index (χ1n) is 11.7. The molecule has 0 amide bonds. The van der Waals surface area contributed by atoms with Gasteiger partial charge in [-0.1, -0.05) is 49.4 Å². The summed E-state index contributed by atoms with van der Waals surface area (Å²) in [6.45, 7) is 5.21. The molecule has 7 heteroatoms. The molecule has 4 aromatic rings. The van der Waals surface area contributed by atoms with E-state index in [2.05, 4.69) is 11.1 Å². The predicted molar refractivity (Wildman–Crippen MR) is 147 cm³/mol. The van der Waals surface area contributed by atoms with Crippen LogP contribution in [0.5, 0.6) is 0 Å². The zero-order valence-corrected chi connectivity index (χ0v) is 22.4. The number of carbonyl (C=O) groups excluding carboxylic acids is 1. The van der Waals surface area contributed by atoms with Crippen LogP contribution in [0.3, 0.4) is 0 Å². The molecule has 5 nitrogen and oxygen atoms in total. The van der Waals surface area contributed by atoms with Crippen LogP contribution < -0.4 is 0 Å². The Morgan fingerprint density at radius 2 is 1.78 bits per heavy atom. The van der Waals surface area contributed by atoms with Gasteiger partial charge in [-0.15, -0.1) is 11.8 Å². The third-order valence-electron chi connectivity index (χ3n) is 6.48. The Labute approximate surface area is 216 Å². The fraction of sp³-hybridized carbons (Fsp3) is 0.241. The molecule has 0 saturated heterocycles. The summed E-state index contributed by atoms with van der Waals surface area (Å²) < 4.78 is 29.7. The number of ether oxygens (including phenoxy) is 1. The lowest BCUT2D eigenvalue weighted by atomic mass is 9.93. The van der Waals surface area contributed by atoms with Crippen LogP contribution in [0, 0.1) is 0 Å². The highest BCUT2D eigenvalue weighted by molar-refractivity contribution is 7.98. The van der Waals surface area contributed by atoms with E-state index < -0.39 is 14.6 Å². The molecule has 0 unspecified atom stereocenters. The zero-order chi connectivity index (χ0) is 25.9. The lowest BCUT2D eigenvalue weighted by Gasteiger charge is -2.26. The van der Waals surface area contributed by atoms with Gasteiger partial charge in [0.25, 0.3) is 0 Å². The lowest BCUT2D eigenvalue weighted by Crippen LogP contribution is -2.30. The Morgan fingerprint density at radius 3 is 2.53 bits per heavy atom. The average Bonchev–Trinajstić information content (AvgIpc) is 2.91. The molecule has 0 fully saturated rings. The Morgan fingerprint density at radius 1 is 1.00 bits per heavy atom. The van der Waals surface area contributed by atoms with Crippen LogP contribution in [0.1, 0.15) is 42.3 Å². The summed E-state index contributed by atoms with van der Waals surface area (Å²) in [6, 6.07) is 23.3. The summed E-state index contributed by atoms with van der Waals surface area (Å²) >= 11 is 1.57. The normalized spacial score (nSPS) is 12.0. The lowest BCUT2D eigenvalue weighted by molar-refractivity contribution is 0.0596. The number of esters is 1. The van der Waals surface area contributed by atoms with Gasteiger partial charge in [-0.3, -0.25) is 4.98 Å². The van der Waals surface area contributed by atoms with Crippen molar-refractivity contribution in [3.05, 3.63) is 95.7 Å². The van der Waals surface area contributed by atoms with E-state index in [1.165, 1.54) is 7.11 Å². The molecule has 1 heterocycles. The number of fused-ring (bicyclic) bond motifs is 1. The largest absolute Gasteiger partial charge is 0.465 e. The average molecular weight is 520 g/mol. The summed E-state index contributed by atoms with van der Waals surface area (Å²) in [7, 11) is -1.96. The molecule has 4 rings (SSSR count). The van der Waals surface area contributed by atoms with E-state index in [9.17, 15) is 13.2 Å². The minimum Gasteiger partial charge on any atom is -0.465 e. The number of thioether (sulfide) groups is 1. The van der Waals surface area contributed by atoms with Gasteiger partial charge in [-0.05, 0) is 60.9 Å². The number of sulfone groups is 1. The molecule has 0 bridgehead atoms. The second-order valence-corrected chi connectivity index (χ2v) is 12.8. The molecule has 0 atom stereocenters. The van der Waals surface area contributed by atoms with Gasteiger partial charge in [0.15, 0.2) is 9.84 Å². The van der Waals surface area contributed by atoms with Crippen molar-refractivity contribution in [1.82, 2.24) is 4.98 Å². The van der Waals surface area contributed by atoms with E-state index in [1.54, 1.807) is 44.8 Å². The fourth-order valence-electron chi connectivity index (χ4n) is 4.16. The van der Waals surface area contributed by atoms with E-state index >= 15 is 0 Å². The van der Waals surface area contributed by atoms with E-state index in [0.717, 1.165) is 38.1 Å². The van der Waals surface area contributed by atoms with Crippen molar-refractivity contribution in [2.45, 2.75) is 36.2 Å². The molecule has 36 heavy (non-hydrogen) atoms. The maximum atomic E-state index is 12.9. The van der Waals surface area contributed by atoms with Crippen LogP contribution in [-0.4, -0.2) is 32.2 Å². The van der Waals surface area contributed by atoms with Crippen LogP contribution in [0.2, 0.25) is 0 Å². The van der Waals surface area contributed by atoms with Crippen LogP contribution >= 0.6 is 11.8 Å². The number of pyridine rings is 1. The first kappa shape index (κ1) is 25.9. The first-order valence-corrected chi connectivity index (χ1v) is 14.3. The van der Waals surface area contributed by atoms with E-state index in [-0.39, 0.29) is 11.7 Å². The fourth-order valence-corrected chi connectivity index (χ4v) is 6.34. The van der Waals surface area contributed by atoms with Crippen molar-refractivity contribution in [2.24, 2.45) is 0 Å².